The molecule has 0 aliphatic carbocycles. The fourth-order valence-corrected chi connectivity index (χ4v) is 2.39. The second kappa shape index (κ2) is 8.33. The topological polar surface area (TPSA) is 87.7 Å². The van der Waals surface area contributed by atoms with Crippen molar-refractivity contribution < 1.29 is 19.1 Å². The molecule has 7 heteroatoms. The number of carbonyl (C=O) groups excluding carboxylic acids is 3. The number of benzene rings is 1. The molecule has 24 heavy (non-hydrogen) atoms. The third-order valence-electron chi connectivity index (χ3n) is 3.75. The van der Waals surface area contributed by atoms with Crippen LogP contribution >= 0.6 is 0 Å². The van der Waals surface area contributed by atoms with E-state index in [9.17, 15) is 14.4 Å². The molecule has 0 unspecified atom stereocenters. The van der Waals surface area contributed by atoms with Gasteiger partial charge in [-0.05, 0) is 25.5 Å². The van der Waals surface area contributed by atoms with Gasteiger partial charge in [0, 0.05) is 25.3 Å². The minimum absolute atomic E-state index is 0.286. The number of carbonyl (C=O) groups is 3. The molecule has 2 N–H and O–H groups in total. The lowest BCUT2D eigenvalue weighted by molar-refractivity contribution is -0.136. The highest BCUT2D eigenvalue weighted by molar-refractivity contribution is 6.00. The molecule has 1 aliphatic rings. The highest BCUT2D eigenvalue weighted by Crippen LogP contribution is 2.17. The summed E-state index contributed by atoms with van der Waals surface area (Å²) in [5.41, 5.74) is 1.05. The Balaban J connectivity index is 2.01. The summed E-state index contributed by atoms with van der Waals surface area (Å²) in [7, 11) is 0. The van der Waals surface area contributed by atoms with E-state index in [1.165, 1.54) is 6.92 Å². The lowest BCUT2D eigenvalue weighted by atomic mass is 10.1. The number of hydrogen-bond acceptors (Lipinski definition) is 5. The quantitative estimate of drug-likeness (QED) is 0.588. The highest BCUT2D eigenvalue weighted by atomic mass is 16.5. The van der Waals surface area contributed by atoms with Crippen LogP contribution in [0.4, 0.5) is 10.5 Å². The molecule has 0 bridgehead atoms. The molecule has 130 valence electrons. The molecule has 2 rings (SSSR count). The summed E-state index contributed by atoms with van der Waals surface area (Å²) in [4.78, 5) is 37.1. The Morgan fingerprint density at radius 2 is 2.12 bits per heavy atom. The summed E-state index contributed by atoms with van der Waals surface area (Å²) in [6, 6.07) is 6.56. The number of anilines is 1. The van der Waals surface area contributed by atoms with Crippen LogP contribution in [0.1, 0.15) is 37.0 Å². The fraction of sp³-hybridized carbons (Fsp3) is 0.471. The van der Waals surface area contributed by atoms with Crippen LogP contribution < -0.4 is 10.6 Å². The van der Waals surface area contributed by atoms with Crippen LogP contribution in [0.25, 0.3) is 0 Å². The standard InChI is InChI=1S/C17H23N3O4/c1-3-4-9-18-14-8-6-5-7-13(14)16(22)24-12(2)15(21)20-11-10-19-17(20)23/h5-8,12,18H,3-4,9-11H2,1-2H3,(H,19,23)/t12-/m0/s1. The molecular weight excluding hydrogens is 310 g/mol. The van der Waals surface area contributed by atoms with E-state index in [0.29, 0.717) is 17.8 Å². The summed E-state index contributed by atoms with van der Waals surface area (Å²) in [6.07, 6.45) is 1.01. The molecule has 1 aliphatic heterocycles. The van der Waals surface area contributed by atoms with Crippen LogP contribution in [0.3, 0.4) is 0 Å². The van der Waals surface area contributed by atoms with Crippen molar-refractivity contribution in [1.82, 2.24) is 10.2 Å². The number of para-hydroxylation sites is 1. The van der Waals surface area contributed by atoms with Gasteiger partial charge >= 0.3 is 12.0 Å². The van der Waals surface area contributed by atoms with E-state index in [1.54, 1.807) is 18.2 Å². The number of imide groups is 1. The lowest BCUT2D eigenvalue weighted by Gasteiger charge is -2.19. The molecule has 0 aromatic heterocycles. The smallest absolute Gasteiger partial charge is 0.341 e. The van der Waals surface area contributed by atoms with Gasteiger partial charge in [0.1, 0.15) is 0 Å². The Morgan fingerprint density at radius 3 is 2.79 bits per heavy atom. The Labute approximate surface area is 141 Å². The highest BCUT2D eigenvalue weighted by Gasteiger charge is 2.32. The molecule has 1 aromatic rings. The fourth-order valence-electron chi connectivity index (χ4n) is 2.39. The van der Waals surface area contributed by atoms with Crippen LogP contribution in [0.2, 0.25) is 0 Å². The number of esters is 1. The van der Waals surface area contributed by atoms with Gasteiger partial charge in [0.2, 0.25) is 0 Å². The Hall–Kier alpha value is -2.57. The zero-order chi connectivity index (χ0) is 17.5. The van der Waals surface area contributed by atoms with Gasteiger partial charge in [0.15, 0.2) is 6.10 Å². The van der Waals surface area contributed by atoms with Crippen LogP contribution in [0, 0.1) is 0 Å². The molecule has 1 fully saturated rings. The van der Waals surface area contributed by atoms with E-state index in [1.807, 2.05) is 6.07 Å². The predicted octanol–water partition coefficient (Wildman–Crippen LogP) is 2.00. The van der Waals surface area contributed by atoms with Crippen LogP contribution in [-0.2, 0) is 9.53 Å². The largest absolute Gasteiger partial charge is 0.449 e. The van der Waals surface area contributed by atoms with E-state index in [4.69, 9.17) is 4.74 Å². The first-order valence-corrected chi connectivity index (χ1v) is 8.17. The van der Waals surface area contributed by atoms with E-state index in [0.717, 1.165) is 24.3 Å². The monoisotopic (exact) mass is 333 g/mol. The summed E-state index contributed by atoms with van der Waals surface area (Å²) in [5.74, 6) is -1.11. The molecule has 1 saturated heterocycles. The van der Waals surface area contributed by atoms with Crippen molar-refractivity contribution in [2.45, 2.75) is 32.8 Å². The van der Waals surface area contributed by atoms with Crippen molar-refractivity contribution in [3.63, 3.8) is 0 Å². The zero-order valence-corrected chi connectivity index (χ0v) is 14.0. The van der Waals surface area contributed by atoms with Gasteiger partial charge in [-0.25, -0.2) is 9.59 Å². The van der Waals surface area contributed by atoms with Crippen molar-refractivity contribution in [3.8, 4) is 0 Å². The number of rotatable bonds is 7. The number of ether oxygens (including phenoxy) is 1. The van der Waals surface area contributed by atoms with E-state index < -0.39 is 24.0 Å². The maximum absolute atomic E-state index is 12.4. The van der Waals surface area contributed by atoms with Gasteiger partial charge in [0.25, 0.3) is 5.91 Å². The number of nitrogens with zero attached hydrogens (tertiary/aromatic N) is 1. The summed E-state index contributed by atoms with van der Waals surface area (Å²) < 4.78 is 5.26. The third kappa shape index (κ3) is 4.24. The summed E-state index contributed by atoms with van der Waals surface area (Å²) in [5, 5.41) is 5.74. The molecule has 0 radical (unpaired) electrons. The summed E-state index contributed by atoms with van der Waals surface area (Å²) in [6.45, 7) is 5.01. The molecule has 1 aromatic carbocycles. The van der Waals surface area contributed by atoms with Crippen molar-refractivity contribution >= 4 is 23.6 Å². The molecule has 3 amide bonds. The van der Waals surface area contributed by atoms with Gasteiger partial charge in [-0.3, -0.25) is 9.69 Å². The number of hydrogen-bond donors (Lipinski definition) is 2. The first-order valence-electron chi connectivity index (χ1n) is 8.17. The van der Waals surface area contributed by atoms with Gasteiger partial charge in [-0.15, -0.1) is 0 Å². The maximum atomic E-state index is 12.4. The van der Waals surface area contributed by atoms with E-state index in [2.05, 4.69) is 17.6 Å². The predicted molar refractivity (Wildman–Crippen MR) is 89.8 cm³/mol. The van der Waals surface area contributed by atoms with Gasteiger partial charge in [0.05, 0.1) is 5.56 Å². The SMILES string of the molecule is CCCCNc1ccccc1C(=O)O[C@@H](C)C(=O)N1CCNC1=O. The first-order chi connectivity index (χ1) is 11.5. The Morgan fingerprint density at radius 1 is 1.38 bits per heavy atom. The normalized spacial score (nSPS) is 14.9. The zero-order valence-electron chi connectivity index (χ0n) is 14.0. The van der Waals surface area contributed by atoms with E-state index >= 15 is 0 Å². The van der Waals surface area contributed by atoms with Crippen molar-refractivity contribution in [2.75, 3.05) is 25.0 Å². The van der Waals surface area contributed by atoms with Crippen LogP contribution in [-0.4, -0.2) is 48.5 Å². The maximum Gasteiger partial charge on any atom is 0.341 e. The second-order valence-corrected chi connectivity index (χ2v) is 5.60. The number of unbranched alkanes of at least 4 members (excludes halogenated alkanes) is 1. The van der Waals surface area contributed by atoms with Gasteiger partial charge in [-0.1, -0.05) is 25.5 Å². The van der Waals surface area contributed by atoms with Gasteiger partial charge in [-0.2, -0.15) is 0 Å². The molecule has 1 heterocycles. The molecule has 0 saturated carbocycles. The average molecular weight is 333 g/mol. The molecule has 7 nitrogen and oxygen atoms in total. The minimum Gasteiger partial charge on any atom is -0.449 e. The van der Waals surface area contributed by atoms with Crippen LogP contribution in [0.5, 0.6) is 0 Å². The van der Waals surface area contributed by atoms with Crippen molar-refractivity contribution in [2.24, 2.45) is 0 Å². The van der Waals surface area contributed by atoms with Gasteiger partial charge < -0.3 is 15.4 Å². The third-order valence-corrected chi connectivity index (χ3v) is 3.75. The summed E-state index contributed by atoms with van der Waals surface area (Å²) >= 11 is 0. The lowest BCUT2D eigenvalue weighted by Crippen LogP contribution is -2.41. The molecule has 1 atom stereocenters. The Bertz CT molecular complexity index is 618. The number of amides is 3. The second-order valence-electron chi connectivity index (χ2n) is 5.60. The van der Waals surface area contributed by atoms with Crippen molar-refractivity contribution in [1.29, 1.82) is 0 Å². The first kappa shape index (κ1) is 17.8. The van der Waals surface area contributed by atoms with E-state index in [-0.39, 0.29) is 6.54 Å². The molecule has 0 spiro atoms. The number of nitrogens with one attached hydrogen (secondary N) is 2. The average Bonchev–Trinajstić information content (AvgIpc) is 3.00. The van der Waals surface area contributed by atoms with Crippen LogP contribution in [0.15, 0.2) is 24.3 Å². The Kier molecular flexibility index (Phi) is 6.17. The minimum atomic E-state index is -1.02. The number of urea groups is 1. The van der Waals surface area contributed by atoms with Crippen molar-refractivity contribution in [3.05, 3.63) is 29.8 Å². The molecular formula is C17H23N3O4.